The largest absolute Gasteiger partial charge is 0.493 e. The van der Waals surface area contributed by atoms with E-state index in [4.69, 9.17) is 14.2 Å². The van der Waals surface area contributed by atoms with E-state index in [1.54, 1.807) is 14.2 Å². The lowest BCUT2D eigenvalue weighted by Crippen LogP contribution is -2.49. The molecule has 176 valence electrons. The summed E-state index contributed by atoms with van der Waals surface area (Å²) in [5.74, 6) is 1.78. The number of ether oxygens (including phenoxy) is 3. The number of hydrogen-bond donors (Lipinski definition) is 0. The van der Waals surface area contributed by atoms with Crippen molar-refractivity contribution in [1.82, 2.24) is 9.80 Å². The van der Waals surface area contributed by atoms with Gasteiger partial charge in [-0.05, 0) is 43.5 Å². The molecule has 33 heavy (non-hydrogen) atoms. The van der Waals surface area contributed by atoms with Crippen molar-refractivity contribution >= 4 is 23.8 Å². The van der Waals surface area contributed by atoms with Gasteiger partial charge >= 0.3 is 6.09 Å². The van der Waals surface area contributed by atoms with Crippen LogP contribution in [0, 0.1) is 0 Å². The quantitative estimate of drug-likeness (QED) is 0.560. The van der Waals surface area contributed by atoms with Gasteiger partial charge in [0.1, 0.15) is 6.10 Å². The standard InChI is InChI=1S/C25H30N2O5S/c1-17-24(18-7-5-4-6-8-18)32-25(29)27(17)19-11-13-26(14-12-19)23(28)16-33-20-9-10-21(30-2)22(15-20)31-3/h4-10,15,17,19,24H,11-14,16H2,1-3H3. The summed E-state index contributed by atoms with van der Waals surface area (Å²) in [7, 11) is 3.20. The fourth-order valence-corrected chi connectivity index (χ4v) is 5.41. The number of cyclic esters (lactones) is 1. The average Bonchev–Trinajstić information content (AvgIpc) is 3.16. The van der Waals surface area contributed by atoms with Crippen LogP contribution in [0.4, 0.5) is 4.79 Å². The third kappa shape index (κ3) is 5.05. The van der Waals surface area contributed by atoms with E-state index in [1.807, 2.05) is 65.3 Å². The summed E-state index contributed by atoms with van der Waals surface area (Å²) in [6.07, 6.45) is 1.00. The van der Waals surface area contributed by atoms with Crippen LogP contribution in [-0.2, 0) is 9.53 Å². The van der Waals surface area contributed by atoms with Crippen molar-refractivity contribution in [1.29, 1.82) is 0 Å². The normalized spacial score (nSPS) is 21.1. The molecule has 2 fully saturated rings. The molecule has 0 radical (unpaired) electrons. The number of methoxy groups -OCH3 is 2. The number of nitrogens with zero attached hydrogens (tertiary/aromatic N) is 2. The predicted molar refractivity (Wildman–Crippen MR) is 127 cm³/mol. The van der Waals surface area contributed by atoms with Crippen LogP contribution in [0.5, 0.6) is 11.5 Å². The average molecular weight is 471 g/mol. The smallest absolute Gasteiger partial charge is 0.411 e. The first-order chi connectivity index (χ1) is 16.0. The molecule has 2 aromatic rings. The Morgan fingerprint density at radius 1 is 1.06 bits per heavy atom. The highest BCUT2D eigenvalue weighted by atomic mass is 32.2. The molecular formula is C25H30N2O5S. The highest BCUT2D eigenvalue weighted by Gasteiger charge is 2.44. The monoisotopic (exact) mass is 470 g/mol. The van der Waals surface area contributed by atoms with Gasteiger partial charge in [-0.1, -0.05) is 30.3 Å². The second kappa shape index (κ2) is 10.4. The predicted octanol–water partition coefficient (Wildman–Crippen LogP) is 4.37. The van der Waals surface area contributed by atoms with E-state index in [0.717, 1.165) is 23.3 Å². The van der Waals surface area contributed by atoms with Gasteiger partial charge in [-0.3, -0.25) is 9.69 Å². The summed E-state index contributed by atoms with van der Waals surface area (Å²) < 4.78 is 16.3. The van der Waals surface area contributed by atoms with E-state index in [2.05, 4.69) is 0 Å². The van der Waals surface area contributed by atoms with Crippen molar-refractivity contribution in [3.8, 4) is 11.5 Å². The van der Waals surface area contributed by atoms with E-state index >= 15 is 0 Å². The molecule has 7 nitrogen and oxygen atoms in total. The van der Waals surface area contributed by atoms with Crippen LogP contribution >= 0.6 is 11.8 Å². The molecule has 0 N–H and O–H groups in total. The lowest BCUT2D eigenvalue weighted by atomic mass is 9.98. The third-order valence-corrected chi connectivity index (χ3v) is 7.35. The number of amides is 2. The molecular weight excluding hydrogens is 440 g/mol. The first-order valence-corrected chi connectivity index (χ1v) is 12.2. The van der Waals surface area contributed by atoms with Gasteiger partial charge in [0, 0.05) is 24.0 Å². The van der Waals surface area contributed by atoms with Crippen molar-refractivity contribution in [3.05, 3.63) is 54.1 Å². The minimum absolute atomic E-state index is 0.0345. The molecule has 4 rings (SSSR count). The maximum atomic E-state index is 12.8. The molecule has 2 amide bonds. The lowest BCUT2D eigenvalue weighted by Gasteiger charge is -2.37. The fraction of sp³-hybridized carbons (Fsp3) is 0.440. The number of benzene rings is 2. The molecule has 0 bridgehead atoms. The van der Waals surface area contributed by atoms with E-state index in [9.17, 15) is 9.59 Å². The van der Waals surface area contributed by atoms with Gasteiger partial charge in [0.05, 0.1) is 26.0 Å². The SMILES string of the molecule is COc1ccc(SCC(=O)N2CCC(N3C(=O)OC(c4ccccc4)C3C)CC2)cc1OC. The summed E-state index contributed by atoms with van der Waals surface area (Å²) >= 11 is 1.48. The topological polar surface area (TPSA) is 68.3 Å². The summed E-state index contributed by atoms with van der Waals surface area (Å²) in [6.45, 7) is 3.32. The number of carbonyl (C=O) groups is 2. The first kappa shape index (κ1) is 23.3. The summed E-state index contributed by atoms with van der Waals surface area (Å²) in [5.41, 5.74) is 1.01. The summed E-state index contributed by atoms with van der Waals surface area (Å²) in [6, 6.07) is 15.6. The van der Waals surface area contributed by atoms with Gasteiger partial charge in [-0.25, -0.2) is 4.79 Å². The molecule has 2 aliphatic rings. The summed E-state index contributed by atoms with van der Waals surface area (Å²) in [4.78, 5) is 30.1. The van der Waals surface area contributed by atoms with E-state index < -0.39 is 0 Å². The van der Waals surface area contributed by atoms with Gasteiger partial charge in [0.15, 0.2) is 11.5 Å². The van der Waals surface area contributed by atoms with Crippen molar-refractivity contribution < 1.29 is 23.8 Å². The zero-order chi connectivity index (χ0) is 23.4. The van der Waals surface area contributed by atoms with Crippen molar-refractivity contribution in [2.45, 2.75) is 42.8 Å². The zero-order valence-corrected chi connectivity index (χ0v) is 20.0. The Hall–Kier alpha value is -2.87. The third-order valence-electron chi connectivity index (χ3n) is 6.37. The van der Waals surface area contributed by atoms with Gasteiger partial charge in [-0.15, -0.1) is 11.8 Å². The van der Waals surface area contributed by atoms with Crippen LogP contribution in [0.2, 0.25) is 0 Å². The molecule has 2 saturated heterocycles. The van der Waals surface area contributed by atoms with Gasteiger partial charge < -0.3 is 19.1 Å². The Morgan fingerprint density at radius 3 is 2.42 bits per heavy atom. The van der Waals surface area contributed by atoms with Crippen molar-refractivity contribution in [2.24, 2.45) is 0 Å². The fourth-order valence-electron chi connectivity index (χ4n) is 4.59. The molecule has 2 aliphatic heterocycles. The van der Waals surface area contributed by atoms with Crippen molar-refractivity contribution in [3.63, 3.8) is 0 Å². The molecule has 2 unspecified atom stereocenters. The molecule has 8 heteroatoms. The van der Waals surface area contributed by atoms with E-state index in [0.29, 0.717) is 30.3 Å². The Morgan fingerprint density at radius 2 is 1.76 bits per heavy atom. The van der Waals surface area contributed by atoms with Crippen LogP contribution in [0.25, 0.3) is 0 Å². The Labute approximate surface area is 199 Å². The van der Waals surface area contributed by atoms with E-state index in [-0.39, 0.29) is 30.2 Å². The van der Waals surface area contributed by atoms with Crippen LogP contribution in [0.15, 0.2) is 53.4 Å². The molecule has 2 atom stereocenters. The highest BCUT2D eigenvalue weighted by molar-refractivity contribution is 8.00. The number of piperidine rings is 1. The highest BCUT2D eigenvalue weighted by Crippen LogP contribution is 2.36. The van der Waals surface area contributed by atoms with Crippen molar-refractivity contribution in [2.75, 3.05) is 33.1 Å². The van der Waals surface area contributed by atoms with E-state index in [1.165, 1.54) is 11.8 Å². The lowest BCUT2D eigenvalue weighted by molar-refractivity contribution is -0.129. The molecule has 2 heterocycles. The molecule has 0 aromatic heterocycles. The second-order valence-electron chi connectivity index (χ2n) is 8.28. The Bertz CT molecular complexity index is 978. The van der Waals surface area contributed by atoms with Crippen LogP contribution < -0.4 is 9.47 Å². The minimum Gasteiger partial charge on any atom is -0.493 e. The molecule has 0 aliphatic carbocycles. The summed E-state index contributed by atoms with van der Waals surface area (Å²) in [5, 5.41) is 0. The second-order valence-corrected chi connectivity index (χ2v) is 9.33. The number of carbonyl (C=O) groups excluding carboxylic acids is 2. The maximum absolute atomic E-state index is 12.8. The number of rotatable bonds is 7. The van der Waals surface area contributed by atoms with Gasteiger partial charge in [0.25, 0.3) is 0 Å². The Balaban J connectivity index is 1.30. The van der Waals surface area contributed by atoms with Gasteiger partial charge in [0.2, 0.25) is 5.91 Å². The molecule has 0 saturated carbocycles. The maximum Gasteiger partial charge on any atom is 0.411 e. The zero-order valence-electron chi connectivity index (χ0n) is 19.2. The molecule has 2 aromatic carbocycles. The molecule has 0 spiro atoms. The Kier molecular flexibility index (Phi) is 7.33. The number of hydrogen-bond acceptors (Lipinski definition) is 6. The first-order valence-electron chi connectivity index (χ1n) is 11.2. The van der Waals surface area contributed by atoms with Crippen LogP contribution in [0.3, 0.4) is 0 Å². The minimum atomic E-state index is -0.259. The number of thioether (sulfide) groups is 1. The van der Waals surface area contributed by atoms with Gasteiger partial charge in [-0.2, -0.15) is 0 Å². The number of likely N-dealkylation sites (tertiary alicyclic amines) is 1. The van der Waals surface area contributed by atoms with Crippen LogP contribution in [0.1, 0.15) is 31.4 Å². The van der Waals surface area contributed by atoms with Crippen LogP contribution in [-0.4, -0.2) is 66.9 Å².